The molecule has 0 bridgehead atoms. The van der Waals surface area contributed by atoms with E-state index in [-0.39, 0.29) is 61.2 Å². The Hall–Kier alpha value is -2.78. The molecule has 0 saturated heterocycles. The largest absolute Gasteiger partial charge is 0.480 e. The van der Waals surface area contributed by atoms with Gasteiger partial charge in [0.25, 0.3) is 5.56 Å². The molecule has 0 fully saturated rings. The van der Waals surface area contributed by atoms with E-state index in [1.54, 1.807) is 6.07 Å². The zero-order chi connectivity index (χ0) is 21.0. The molecule has 11 heteroatoms. The number of aliphatic carboxylic acids is 1. The van der Waals surface area contributed by atoms with Gasteiger partial charge < -0.3 is 26.9 Å². The van der Waals surface area contributed by atoms with E-state index in [1.165, 1.54) is 0 Å². The molecule has 3 rings (SSSR count). The summed E-state index contributed by atoms with van der Waals surface area (Å²) in [6.45, 7) is 0. The molecule has 0 aliphatic carbocycles. The summed E-state index contributed by atoms with van der Waals surface area (Å²) in [7, 11) is 0. The SMILES string of the molecule is Cl.Cl.Cl.N=C(N)NC(CCC(N)C(=O)O)c1ccc(-c2cc3ccccc3c(=O)[nH]2)cc1. The van der Waals surface area contributed by atoms with Gasteiger partial charge in [0.2, 0.25) is 0 Å². The topological polar surface area (TPSA) is 158 Å². The number of H-pyrrole nitrogens is 1. The predicted molar refractivity (Wildman–Crippen MR) is 134 cm³/mol. The fourth-order valence-corrected chi connectivity index (χ4v) is 3.24. The van der Waals surface area contributed by atoms with E-state index in [1.807, 2.05) is 48.5 Å². The second kappa shape index (κ2) is 12.9. The maximum absolute atomic E-state index is 12.3. The van der Waals surface area contributed by atoms with E-state index in [9.17, 15) is 9.59 Å². The van der Waals surface area contributed by atoms with E-state index in [4.69, 9.17) is 22.0 Å². The number of nitrogens with one attached hydrogen (secondary N) is 3. The number of benzene rings is 2. The number of guanidine groups is 1. The van der Waals surface area contributed by atoms with Gasteiger partial charge in [0, 0.05) is 11.1 Å². The molecule has 2 aromatic carbocycles. The fourth-order valence-electron chi connectivity index (χ4n) is 3.24. The second-order valence-corrected chi connectivity index (χ2v) is 6.85. The Morgan fingerprint density at radius 1 is 1.06 bits per heavy atom. The number of aromatic amines is 1. The third-order valence-corrected chi connectivity index (χ3v) is 4.79. The van der Waals surface area contributed by atoms with Crippen molar-refractivity contribution in [3.05, 3.63) is 70.5 Å². The normalized spacial score (nSPS) is 11.8. The zero-order valence-corrected chi connectivity index (χ0v) is 19.4. The summed E-state index contributed by atoms with van der Waals surface area (Å²) in [5.74, 6) is -1.27. The quantitative estimate of drug-likeness (QED) is 0.215. The number of hydrogen-bond acceptors (Lipinski definition) is 4. The smallest absolute Gasteiger partial charge is 0.320 e. The summed E-state index contributed by atoms with van der Waals surface area (Å²) >= 11 is 0. The van der Waals surface area contributed by atoms with Gasteiger partial charge in [0.05, 0.1) is 6.04 Å². The van der Waals surface area contributed by atoms with Crippen LogP contribution in [0.2, 0.25) is 0 Å². The monoisotopic (exact) mass is 501 g/mol. The lowest BCUT2D eigenvalue weighted by molar-refractivity contribution is -0.138. The standard InChI is InChI=1S/C21H23N5O3.3ClH/c22-16(20(28)29)9-10-17(26-21(23)24)12-5-7-13(8-6-12)18-11-14-3-1-2-4-15(14)19(27)25-18;;;/h1-8,11,16-17H,9-10,22H2,(H,25,27)(H,28,29)(H4,23,24,26);3*1H. The van der Waals surface area contributed by atoms with Crippen LogP contribution < -0.4 is 22.3 Å². The minimum absolute atomic E-state index is 0. The molecule has 32 heavy (non-hydrogen) atoms. The van der Waals surface area contributed by atoms with Crippen LogP contribution in [-0.4, -0.2) is 28.1 Å². The van der Waals surface area contributed by atoms with Gasteiger partial charge in [-0.25, -0.2) is 0 Å². The van der Waals surface area contributed by atoms with E-state index >= 15 is 0 Å². The predicted octanol–water partition coefficient (Wildman–Crippen LogP) is 3.18. The molecular weight excluding hydrogens is 477 g/mol. The van der Waals surface area contributed by atoms with E-state index in [0.717, 1.165) is 16.5 Å². The van der Waals surface area contributed by atoms with Crippen molar-refractivity contribution in [3.8, 4) is 11.3 Å². The molecule has 8 N–H and O–H groups in total. The summed E-state index contributed by atoms with van der Waals surface area (Å²) in [4.78, 5) is 26.2. The van der Waals surface area contributed by atoms with Gasteiger partial charge >= 0.3 is 5.97 Å². The highest BCUT2D eigenvalue weighted by Crippen LogP contribution is 2.24. The van der Waals surface area contributed by atoms with Gasteiger partial charge in [-0.3, -0.25) is 15.0 Å². The van der Waals surface area contributed by atoms with Gasteiger partial charge in [-0.15, -0.1) is 37.2 Å². The number of halogens is 3. The molecule has 0 spiro atoms. The van der Waals surface area contributed by atoms with Crippen LogP contribution in [0.3, 0.4) is 0 Å². The molecule has 2 unspecified atom stereocenters. The molecule has 0 saturated carbocycles. The number of carboxylic acids is 1. The zero-order valence-electron chi connectivity index (χ0n) is 16.9. The van der Waals surface area contributed by atoms with Crippen LogP contribution in [0.5, 0.6) is 0 Å². The fraction of sp³-hybridized carbons (Fsp3) is 0.190. The molecular formula is C21H26Cl3N5O3. The average Bonchev–Trinajstić information content (AvgIpc) is 2.70. The first-order chi connectivity index (χ1) is 13.8. The Morgan fingerprint density at radius 2 is 1.69 bits per heavy atom. The molecule has 0 aliphatic rings. The molecule has 1 heterocycles. The van der Waals surface area contributed by atoms with Crippen LogP contribution in [-0.2, 0) is 4.79 Å². The van der Waals surface area contributed by atoms with Gasteiger partial charge in [-0.05, 0) is 41.5 Å². The Balaban J connectivity index is 0.00000320. The summed E-state index contributed by atoms with van der Waals surface area (Å²) in [5, 5.41) is 20.8. The third-order valence-electron chi connectivity index (χ3n) is 4.79. The van der Waals surface area contributed by atoms with Gasteiger partial charge in [0.1, 0.15) is 6.04 Å². The summed E-state index contributed by atoms with van der Waals surface area (Å²) in [5.41, 5.74) is 13.3. The number of hydrogen-bond donors (Lipinski definition) is 6. The maximum Gasteiger partial charge on any atom is 0.320 e. The Bertz CT molecular complexity index is 1110. The van der Waals surface area contributed by atoms with Crippen molar-refractivity contribution in [2.24, 2.45) is 11.5 Å². The lowest BCUT2D eigenvalue weighted by Crippen LogP contribution is -2.36. The number of fused-ring (bicyclic) bond motifs is 1. The highest BCUT2D eigenvalue weighted by Gasteiger charge is 2.17. The number of pyridine rings is 1. The van der Waals surface area contributed by atoms with Crippen molar-refractivity contribution in [2.45, 2.75) is 24.9 Å². The van der Waals surface area contributed by atoms with Gasteiger partial charge in [0.15, 0.2) is 5.96 Å². The second-order valence-electron chi connectivity index (χ2n) is 6.85. The molecule has 174 valence electrons. The van der Waals surface area contributed by atoms with Crippen molar-refractivity contribution in [1.29, 1.82) is 5.41 Å². The Kier molecular flexibility index (Phi) is 11.8. The first kappa shape index (κ1) is 29.2. The molecule has 2 atom stereocenters. The maximum atomic E-state index is 12.3. The van der Waals surface area contributed by atoms with E-state index in [0.29, 0.717) is 17.5 Å². The number of nitrogens with two attached hydrogens (primary N) is 2. The lowest BCUT2D eigenvalue weighted by Gasteiger charge is -2.20. The number of carbonyl (C=O) groups is 1. The van der Waals surface area contributed by atoms with E-state index < -0.39 is 12.0 Å². The average molecular weight is 503 g/mol. The first-order valence-corrected chi connectivity index (χ1v) is 9.16. The summed E-state index contributed by atoms with van der Waals surface area (Å²) in [6, 6.07) is 15.4. The highest BCUT2D eigenvalue weighted by molar-refractivity contribution is 5.86. The number of aromatic nitrogens is 1. The van der Waals surface area contributed by atoms with E-state index in [2.05, 4.69) is 10.3 Å². The van der Waals surface area contributed by atoms with Crippen molar-refractivity contribution in [3.63, 3.8) is 0 Å². The van der Waals surface area contributed by atoms with Crippen LogP contribution in [0.15, 0.2) is 59.4 Å². The minimum atomic E-state index is -1.07. The number of carboxylic acid groups (broad SMARTS) is 1. The van der Waals surface area contributed by atoms with Crippen molar-refractivity contribution in [1.82, 2.24) is 10.3 Å². The van der Waals surface area contributed by atoms with Crippen molar-refractivity contribution >= 4 is 59.9 Å². The van der Waals surface area contributed by atoms with Crippen molar-refractivity contribution in [2.75, 3.05) is 0 Å². The molecule has 0 aliphatic heterocycles. The van der Waals surface area contributed by atoms with Crippen LogP contribution in [0.1, 0.15) is 24.4 Å². The molecule has 0 radical (unpaired) electrons. The van der Waals surface area contributed by atoms with Crippen LogP contribution >= 0.6 is 37.2 Å². The molecule has 3 aromatic rings. The van der Waals surface area contributed by atoms with Crippen LogP contribution in [0, 0.1) is 5.41 Å². The highest BCUT2D eigenvalue weighted by atomic mass is 35.5. The molecule has 1 aromatic heterocycles. The van der Waals surface area contributed by atoms with Crippen LogP contribution in [0.25, 0.3) is 22.0 Å². The number of rotatable bonds is 7. The Labute approximate surface area is 203 Å². The summed E-state index contributed by atoms with van der Waals surface area (Å²) < 4.78 is 0. The third kappa shape index (κ3) is 7.13. The van der Waals surface area contributed by atoms with Crippen LogP contribution in [0.4, 0.5) is 0 Å². The van der Waals surface area contributed by atoms with Crippen molar-refractivity contribution < 1.29 is 9.90 Å². The van der Waals surface area contributed by atoms with Gasteiger partial charge in [-0.2, -0.15) is 0 Å². The first-order valence-electron chi connectivity index (χ1n) is 9.16. The summed E-state index contributed by atoms with van der Waals surface area (Å²) in [6.07, 6.45) is 0.638. The molecule has 8 nitrogen and oxygen atoms in total. The Morgan fingerprint density at radius 3 is 2.28 bits per heavy atom. The van der Waals surface area contributed by atoms with Gasteiger partial charge in [-0.1, -0.05) is 42.5 Å². The minimum Gasteiger partial charge on any atom is -0.480 e. The lowest BCUT2D eigenvalue weighted by atomic mass is 9.97. The molecule has 0 amide bonds.